The summed E-state index contributed by atoms with van der Waals surface area (Å²) in [4.78, 5) is 12.0. The van der Waals surface area contributed by atoms with E-state index in [0.717, 1.165) is 22.9 Å². The van der Waals surface area contributed by atoms with Crippen LogP contribution in [0.1, 0.15) is 19.8 Å². The van der Waals surface area contributed by atoms with Crippen molar-refractivity contribution in [2.45, 2.75) is 35.4 Å². The Hall–Kier alpha value is -1.18. The van der Waals surface area contributed by atoms with Crippen LogP contribution in [0.4, 0.5) is 0 Å². The van der Waals surface area contributed by atoms with Gasteiger partial charge in [-0.05, 0) is 44.1 Å². The smallest absolute Gasteiger partial charge is 0.233 e. The fraction of sp³-hybridized carbons (Fsp3) is 0.357. The maximum absolute atomic E-state index is 12.0. The number of nitrogens with one attached hydrogen (secondary N) is 1. The lowest BCUT2D eigenvalue weighted by Gasteiger charge is -2.08. The number of para-hydroxylation sites is 1. The zero-order valence-corrected chi connectivity index (χ0v) is 13.9. The molecule has 21 heavy (non-hydrogen) atoms. The first-order valence-electron chi connectivity index (χ1n) is 6.76. The molecule has 0 spiro atoms. The van der Waals surface area contributed by atoms with Gasteiger partial charge in [-0.2, -0.15) is 0 Å². The van der Waals surface area contributed by atoms with Crippen LogP contribution < -0.4 is 5.32 Å². The van der Waals surface area contributed by atoms with Crippen molar-refractivity contribution in [1.82, 2.24) is 15.1 Å². The second-order valence-electron chi connectivity index (χ2n) is 4.92. The Labute approximate surface area is 136 Å². The molecule has 2 aromatic rings. The number of carbonyl (C=O) groups excluding carboxylic acids is 1. The minimum absolute atomic E-state index is 0.0786. The van der Waals surface area contributed by atoms with E-state index in [-0.39, 0.29) is 11.2 Å². The number of thioether (sulfide) groups is 1. The van der Waals surface area contributed by atoms with E-state index in [1.54, 1.807) is 4.68 Å². The Balaban J connectivity index is 1.72. The van der Waals surface area contributed by atoms with Gasteiger partial charge in [0.05, 0.1) is 10.9 Å². The van der Waals surface area contributed by atoms with Crippen LogP contribution in [0.3, 0.4) is 0 Å². The molecule has 1 amide bonds. The fourth-order valence-electron chi connectivity index (χ4n) is 1.79. The summed E-state index contributed by atoms with van der Waals surface area (Å²) in [5.41, 5.74) is 0.945. The van der Waals surface area contributed by atoms with Crippen LogP contribution >= 0.6 is 35.3 Å². The number of amides is 1. The highest BCUT2D eigenvalue weighted by Gasteiger charge is 2.26. The van der Waals surface area contributed by atoms with Gasteiger partial charge >= 0.3 is 0 Å². The number of hydrogen-bond acceptors (Lipinski definition) is 5. The molecule has 0 aliphatic heterocycles. The van der Waals surface area contributed by atoms with Gasteiger partial charge in [-0.15, -0.1) is 5.10 Å². The maximum atomic E-state index is 12.0. The van der Waals surface area contributed by atoms with Crippen LogP contribution in [0.5, 0.6) is 0 Å². The molecule has 1 fully saturated rings. The third-order valence-electron chi connectivity index (χ3n) is 3.10. The first kappa shape index (κ1) is 14.7. The Morgan fingerprint density at radius 3 is 2.86 bits per heavy atom. The molecule has 0 bridgehead atoms. The second-order valence-corrected chi connectivity index (χ2v) is 8.13. The van der Waals surface area contributed by atoms with Crippen molar-refractivity contribution in [2.24, 2.45) is 0 Å². The predicted molar refractivity (Wildman–Crippen MR) is 88.8 cm³/mol. The second kappa shape index (κ2) is 6.29. The van der Waals surface area contributed by atoms with Gasteiger partial charge in [-0.3, -0.25) is 4.79 Å². The summed E-state index contributed by atoms with van der Waals surface area (Å²) in [6.07, 6.45) is 2.20. The van der Waals surface area contributed by atoms with E-state index in [4.69, 9.17) is 12.2 Å². The Morgan fingerprint density at radius 1 is 1.48 bits per heavy atom. The van der Waals surface area contributed by atoms with Gasteiger partial charge in [0.1, 0.15) is 0 Å². The average Bonchev–Trinajstić information content (AvgIpc) is 3.22. The molecule has 0 unspecified atom stereocenters. The van der Waals surface area contributed by atoms with Gasteiger partial charge in [-0.25, -0.2) is 4.68 Å². The van der Waals surface area contributed by atoms with Crippen molar-refractivity contribution in [2.75, 3.05) is 0 Å². The quantitative estimate of drug-likeness (QED) is 0.671. The van der Waals surface area contributed by atoms with Gasteiger partial charge in [0.25, 0.3) is 0 Å². The summed E-state index contributed by atoms with van der Waals surface area (Å²) in [5.74, 6) is 0.0786. The van der Waals surface area contributed by atoms with Crippen LogP contribution in [0.25, 0.3) is 5.69 Å². The third kappa shape index (κ3) is 3.72. The Bertz CT molecular complexity index is 691. The summed E-state index contributed by atoms with van der Waals surface area (Å²) < 4.78 is 3.26. The van der Waals surface area contributed by atoms with Gasteiger partial charge in [-0.1, -0.05) is 41.3 Å². The molecule has 1 aliphatic carbocycles. The molecule has 1 aromatic carbocycles. The Morgan fingerprint density at radius 2 is 2.19 bits per heavy atom. The molecule has 1 saturated carbocycles. The molecule has 1 aliphatic rings. The van der Waals surface area contributed by atoms with Gasteiger partial charge in [0, 0.05) is 6.04 Å². The van der Waals surface area contributed by atoms with Crippen molar-refractivity contribution in [1.29, 1.82) is 0 Å². The molecular weight excluding hydrogens is 322 g/mol. The lowest BCUT2D eigenvalue weighted by molar-refractivity contribution is -0.120. The lowest BCUT2D eigenvalue weighted by Crippen LogP contribution is -2.32. The summed E-state index contributed by atoms with van der Waals surface area (Å²) in [6, 6.07) is 10.2. The van der Waals surface area contributed by atoms with Crippen molar-refractivity contribution in [3.8, 4) is 5.69 Å². The number of aromatic nitrogens is 2. The molecule has 3 rings (SSSR count). The van der Waals surface area contributed by atoms with Gasteiger partial charge in [0.2, 0.25) is 5.91 Å². The van der Waals surface area contributed by atoms with Crippen molar-refractivity contribution < 1.29 is 4.79 Å². The van der Waals surface area contributed by atoms with Crippen molar-refractivity contribution in [3.63, 3.8) is 0 Å². The van der Waals surface area contributed by atoms with Crippen molar-refractivity contribution >= 4 is 41.2 Å². The number of rotatable bonds is 5. The normalized spacial score (nSPS) is 15.7. The van der Waals surface area contributed by atoms with Crippen LogP contribution in [-0.2, 0) is 4.79 Å². The van der Waals surface area contributed by atoms with E-state index in [2.05, 4.69) is 10.4 Å². The maximum Gasteiger partial charge on any atom is 0.233 e. The number of nitrogens with zero attached hydrogens (tertiary/aromatic N) is 2. The van der Waals surface area contributed by atoms with Crippen LogP contribution in [0.2, 0.25) is 0 Å². The molecule has 0 radical (unpaired) electrons. The molecule has 4 nitrogen and oxygen atoms in total. The molecule has 1 heterocycles. The van der Waals surface area contributed by atoms with E-state index >= 15 is 0 Å². The molecule has 1 aromatic heterocycles. The predicted octanol–water partition coefficient (Wildman–Crippen LogP) is 3.42. The fourth-order valence-corrected chi connectivity index (χ4v) is 4.31. The number of benzene rings is 1. The summed E-state index contributed by atoms with van der Waals surface area (Å²) in [5, 5.41) is 7.37. The van der Waals surface area contributed by atoms with E-state index in [0.29, 0.717) is 10.00 Å². The van der Waals surface area contributed by atoms with Crippen LogP contribution in [-0.4, -0.2) is 27.0 Å². The zero-order chi connectivity index (χ0) is 14.8. The SMILES string of the molecule is C[C@@H](Sc1nn(-c2ccccc2)c(=S)s1)C(=O)NC1CC1. The topological polar surface area (TPSA) is 46.9 Å². The molecule has 110 valence electrons. The first-order valence-corrected chi connectivity index (χ1v) is 8.86. The minimum Gasteiger partial charge on any atom is -0.352 e. The van der Waals surface area contributed by atoms with Gasteiger partial charge in [0.15, 0.2) is 8.29 Å². The molecule has 0 saturated heterocycles. The minimum atomic E-state index is -0.157. The van der Waals surface area contributed by atoms with E-state index in [9.17, 15) is 4.79 Å². The van der Waals surface area contributed by atoms with Crippen LogP contribution in [0.15, 0.2) is 34.7 Å². The first-order chi connectivity index (χ1) is 10.1. The lowest BCUT2D eigenvalue weighted by atomic mass is 10.3. The summed E-state index contributed by atoms with van der Waals surface area (Å²) in [7, 11) is 0. The van der Waals surface area contributed by atoms with E-state index < -0.39 is 0 Å². The van der Waals surface area contributed by atoms with Crippen LogP contribution in [0, 0.1) is 3.95 Å². The van der Waals surface area contributed by atoms with E-state index in [1.807, 2.05) is 37.3 Å². The van der Waals surface area contributed by atoms with Crippen molar-refractivity contribution in [3.05, 3.63) is 34.3 Å². The summed E-state index contributed by atoms with van der Waals surface area (Å²) >= 11 is 8.26. The standard InChI is InChI=1S/C14H15N3OS3/c1-9(12(18)15-10-7-8-10)20-13-16-17(14(19)21-13)11-5-3-2-4-6-11/h2-6,9-10H,7-8H2,1H3,(H,15,18)/t9-/m1/s1. The number of hydrogen-bond donors (Lipinski definition) is 1. The molecular formula is C14H15N3OS3. The molecule has 1 N–H and O–H groups in total. The third-order valence-corrected chi connectivity index (χ3v) is 5.52. The van der Waals surface area contributed by atoms with Gasteiger partial charge < -0.3 is 5.32 Å². The highest BCUT2D eigenvalue weighted by atomic mass is 32.2. The summed E-state index contributed by atoms with van der Waals surface area (Å²) in [6.45, 7) is 1.90. The van der Waals surface area contributed by atoms with E-state index in [1.165, 1.54) is 23.1 Å². The highest BCUT2D eigenvalue weighted by molar-refractivity contribution is 8.02. The Kier molecular flexibility index (Phi) is 4.42. The molecule has 7 heteroatoms. The average molecular weight is 337 g/mol. The largest absolute Gasteiger partial charge is 0.352 e. The monoisotopic (exact) mass is 337 g/mol. The number of carbonyl (C=O) groups is 1. The zero-order valence-electron chi connectivity index (χ0n) is 11.5. The highest BCUT2D eigenvalue weighted by Crippen LogP contribution is 2.28. The molecule has 1 atom stereocenters.